The Kier molecular flexibility index (Phi) is 6.72. The lowest BCUT2D eigenvalue weighted by Gasteiger charge is -2.11. The van der Waals surface area contributed by atoms with Crippen molar-refractivity contribution >= 4 is 51.6 Å². The molecular formula is C25H21ClFN3O2S. The molecule has 1 heterocycles. The van der Waals surface area contributed by atoms with E-state index < -0.39 is 11.7 Å². The van der Waals surface area contributed by atoms with Crippen LogP contribution in [0.1, 0.15) is 42.1 Å². The highest BCUT2D eigenvalue weighted by atomic mass is 35.5. The summed E-state index contributed by atoms with van der Waals surface area (Å²) in [5.74, 6) is 0.00119. The van der Waals surface area contributed by atoms with Crippen LogP contribution in [0.5, 0.6) is 0 Å². The van der Waals surface area contributed by atoms with Crippen molar-refractivity contribution in [3.8, 4) is 11.5 Å². The zero-order valence-electron chi connectivity index (χ0n) is 18.0. The summed E-state index contributed by atoms with van der Waals surface area (Å²) in [5, 5.41) is 5.94. The van der Waals surface area contributed by atoms with Crippen LogP contribution >= 0.6 is 23.8 Å². The summed E-state index contributed by atoms with van der Waals surface area (Å²) < 4.78 is 19.0. The van der Waals surface area contributed by atoms with Crippen molar-refractivity contribution in [2.75, 3.05) is 5.32 Å². The first kappa shape index (κ1) is 22.9. The lowest BCUT2D eigenvalue weighted by Crippen LogP contribution is -2.34. The van der Waals surface area contributed by atoms with Gasteiger partial charge in [-0.2, -0.15) is 0 Å². The molecule has 0 radical (unpaired) electrons. The molecule has 0 saturated carbocycles. The molecule has 0 aliphatic rings. The fourth-order valence-corrected chi connectivity index (χ4v) is 3.66. The molecule has 4 rings (SSSR count). The van der Waals surface area contributed by atoms with Crippen LogP contribution in [0.15, 0.2) is 65.1 Å². The molecule has 168 valence electrons. The van der Waals surface area contributed by atoms with Gasteiger partial charge in [-0.1, -0.05) is 31.5 Å². The third-order valence-corrected chi connectivity index (χ3v) is 5.92. The zero-order chi connectivity index (χ0) is 23.5. The molecule has 0 aliphatic carbocycles. The molecule has 0 fully saturated rings. The van der Waals surface area contributed by atoms with E-state index in [0.717, 1.165) is 11.9 Å². The van der Waals surface area contributed by atoms with Gasteiger partial charge in [0.2, 0.25) is 5.89 Å². The molecule has 8 heteroatoms. The van der Waals surface area contributed by atoms with Gasteiger partial charge in [0.15, 0.2) is 10.7 Å². The van der Waals surface area contributed by atoms with E-state index in [4.69, 9.17) is 28.2 Å². The predicted molar refractivity (Wildman–Crippen MR) is 133 cm³/mol. The number of amides is 1. The Morgan fingerprint density at radius 1 is 1.15 bits per heavy atom. The lowest BCUT2D eigenvalue weighted by atomic mass is 9.98. The number of aromatic nitrogens is 1. The number of anilines is 1. The first-order valence-corrected chi connectivity index (χ1v) is 11.2. The predicted octanol–water partition coefficient (Wildman–Crippen LogP) is 6.93. The molecule has 1 unspecified atom stereocenters. The van der Waals surface area contributed by atoms with Crippen molar-refractivity contribution < 1.29 is 13.6 Å². The van der Waals surface area contributed by atoms with Gasteiger partial charge in [0.05, 0.1) is 10.7 Å². The molecule has 1 amide bonds. The Hall–Kier alpha value is -3.29. The van der Waals surface area contributed by atoms with Crippen LogP contribution in [0.25, 0.3) is 22.6 Å². The quantitative estimate of drug-likeness (QED) is 0.302. The minimum absolute atomic E-state index is 0.0548. The largest absolute Gasteiger partial charge is 0.436 e. The number of halogens is 2. The molecule has 4 aromatic rings. The number of thiocarbonyl (C=S) groups is 1. The minimum Gasteiger partial charge on any atom is -0.436 e. The molecule has 0 saturated heterocycles. The molecule has 1 atom stereocenters. The van der Waals surface area contributed by atoms with Crippen molar-refractivity contribution in [2.45, 2.75) is 26.2 Å². The van der Waals surface area contributed by atoms with Crippen molar-refractivity contribution in [3.63, 3.8) is 0 Å². The highest BCUT2D eigenvalue weighted by Gasteiger charge is 2.14. The smallest absolute Gasteiger partial charge is 0.257 e. The fraction of sp³-hybridized carbons (Fsp3) is 0.160. The number of nitrogens with one attached hydrogen (secondary N) is 2. The Morgan fingerprint density at radius 3 is 2.64 bits per heavy atom. The summed E-state index contributed by atoms with van der Waals surface area (Å²) in [5.41, 5.74) is 4.17. The maximum atomic E-state index is 13.1. The summed E-state index contributed by atoms with van der Waals surface area (Å²) >= 11 is 11.6. The molecule has 33 heavy (non-hydrogen) atoms. The summed E-state index contributed by atoms with van der Waals surface area (Å²) in [6.45, 7) is 4.33. The molecule has 3 aromatic carbocycles. The number of benzene rings is 3. The van der Waals surface area contributed by atoms with Gasteiger partial charge in [-0.25, -0.2) is 9.37 Å². The molecule has 0 spiro atoms. The van der Waals surface area contributed by atoms with E-state index in [9.17, 15) is 9.18 Å². The molecule has 2 N–H and O–H groups in total. The summed E-state index contributed by atoms with van der Waals surface area (Å²) in [6.07, 6.45) is 1.04. The fourth-order valence-electron chi connectivity index (χ4n) is 3.29. The van der Waals surface area contributed by atoms with Crippen molar-refractivity contribution in [1.82, 2.24) is 10.3 Å². The standard InChI is InChI=1S/C25H21ClFN3O2S/c1-3-14(2)16-7-11-22-21(12-16)28-24(32-22)17-6-10-19(26)20(13-17)29-25(33)30-23(31)15-4-8-18(27)9-5-15/h4-14H,3H2,1-2H3,(H2,29,30,31,33). The zero-order valence-corrected chi connectivity index (χ0v) is 19.6. The second-order valence-corrected chi connectivity index (χ2v) is 8.48. The van der Waals surface area contributed by atoms with Gasteiger partial charge in [-0.05, 0) is 84.7 Å². The van der Waals surface area contributed by atoms with E-state index in [-0.39, 0.29) is 10.7 Å². The Labute approximate surface area is 201 Å². The molecule has 0 bridgehead atoms. The molecule has 1 aromatic heterocycles. The van der Waals surface area contributed by atoms with Crippen LogP contribution < -0.4 is 10.6 Å². The van der Waals surface area contributed by atoms with Gasteiger partial charge in [-0.15, -0.1) is 0 Å². The van der Waals surface area contributed by atoms with Crippen molar-refractivity contribution in [2.24, 2.45) is 0 Å². The van der Waals surface area contributed by atoms with Gasteiger partial charge in [0.1, 0.15) is 11.3 Å². The summed E-state index contributed by atoms with van der Waals surface area (Å²) in [6, 6.07) is 16.4. The second kappa shape index (κ2) is 9.68. The van der Waals surface area contributed by atoms with Crippen LogP contribution in [0.4, 0.5) is 10.1 Å². The number of rotatable bonds is 5. The van der Waals surface area contributed by atoms with E-state index in [1.54, 1.807) is 18.2 Å². The van der Waals surface area contributed by atoms with Gasteiger partial charge < -0.3 is 9.73 Å². The monoisotopic (exact) mass is 481 g/mol. The Morgan fingerprint density at radius 2 is 1.91 bits per heavy atom. The number of carbonyl (C=O) groups excluding carboxylic acids is 1. The number of fused-ring (bicyclic) bond motifs is 1. The average Bonchev–Trinajstić information content (AvgIpc) is 3.23. The van der Waals surface area contributed by atoms with Gasteiger partial charge in [-0.3, -0.25) is 10.1 Å². The number of hydrogen-bond acceptors (Lipinski definition) is 4. The normalized spacial score (nSPS) is 11.9. The average molecular weight is 482 g/mol. The van der Waals surface area contributed by atoms with Crippen LogP contribution in [-0.2, 0) is 0 Å². The topological polar surface area (TPSA) is 67.2 Å². The molecular weight excluding hydrogens is 461 g/mol. The van der Waals surface area contributed by atoms with Gasteiger partial charge >= 0.3 is 0 Å². The number of hydrogen-bond donors (Lipinski definition) is 2. The maximum absolute atomic E-state index is 13.1. The highest BCUT2D eigenvalue weighted by molar-refractivity contribution is 7.80. The van der Waals surface area contributed by atoms with Crippen molar-refractivity contribution in [3.05, 3.63) is 82.6 Å². The van der Waals surface area contributed by atoms with Gasteiger partial charge in [0.25, 0.3) is 5.91 Å². The van der Waals surface area contributed by atoms with E-state index in [1.807, 2.05) is 12.1 Å². The van der Waals surface area contributed by atoms with Crippen LogP contribution in [-0.4, -0.2) is 16.0 Å². The van der Waals surface area contributed by atoms with E-state index >= 15 is 0 Å². The van der Waals surface area contributed by atoms with E-state index in [1.165, 1.54) is 29.8 Å². The first-order chi connectivity index (χ1) is 15.8. The van der Waals surface area contributed by atoms with Crippen LogP contribution in [0.2, 0.25) is 5.02 Å². The lowest BCUT2D eigenvalue weighted by molar-refractivity contribution is 0.0977. The van der Waals surface area contributed by atoms with Gasteiger partial charge in [0, 0.05) is 11.1 Å². The summed E-state index contributed by atoms with van der Waals surface area (Å²) in [4.78, 5) is 16.9. The number of nitrogens with zero attached hydrogens (tertiary/aromatic N) is 1. The SMILES string of the molecule is CCC(C)c1ccc2oc(-c3ccc(Cl)c(NC(=S)NC(=O)c4ccc(F)cc4)c3)nc2c1. The number of oxazole rings is 1. The van der Waals surface area contributed by atoms with Crippen LogP contribution in [0, 0.1) is 5.82 Å². The third-order valence-electron chi connectivity index (χ3n) is 5.39. The second-order valence-electron chi connectivity index (χ2n) is 7.67. The molecule has 5 nitrogen and oxygen atoms in total. The Balaban J connectivity index is 1.53. The Bertz CT molecular complexity index is 1340. The van der Waals surface area contributed by atoms with Crippen molar-refractivity contribution in [1.29, 1.82) is 0 Å². The minimum atomic E-state index is -0.462. The first-order valence-electron chi connectivity index (χ1n) is 10.4. The maximum Gasteiger partial charge on any atom is 0.257 e. The number of carbonyl (C=O) groups is 1. The van der Waals surface area contributed by atoms with E-state index in [2.05, 4.69) is 35.5 Å². The molecule has 0 aliphatic heterocycles. The van der Waals surface area contributed by atoms with Crippen LogP contribution in [0.3, 0.4) is 0 Å². The summed E-state index contributed by atoms with van der Waals surface area (Å²) in [7, 11) is 0. The third kappa shape index (κ3) is 5.21. The van der Waals surface area contributed by atoms with E-state index in [0.29, 0.717) is 33.7 Å². The highest BCUT2D eigenvalue weighted by Crippen LogP contribution is 2.31.